The van der Waals surface area contributed by atoms with Crippen molar-refractivity contribution in [2.45, 2.75) is 26.7 Å². The predicted octanol–water partition coefficient (Wildman–Crippen LogP) is 2.50. The van der Waals surface area contributed by atoms with Gasteiger partial charge in [0.25, 0.3) is 0 Å². The van der Waals surface area contributed by atoms with Crippen molar-refractivity contribution >= 4 is 23.6 Å². The highest BCUT2D eigenvalue weighted by atomic mass is 16.5. The molecule has 1 N–H and O–H groups in total. The highest BCUT2D eigenvalue weighted by Gasteiger charge is 2.35. The smallest absolute Gasteiger partial charge is 0.341 e. The first-order valence-corrected chi connectivity index (χ1v) is 7.52. The van der Waals surface area contributed by atoms with Crippen LogP contribution in [-0.4, -0.2) is 36.4 Å². The average Bonchev–Trinajstić information content (AvgIpc) is 2.48. The van der Waals surface area contributed by atoms with Gasteiger partial charge in [-0.2, -0.15) is 0 Å². The lowest BCUT2D eigenvalue weighted by Gasteiger charge is -2.28. The first kappa shape index (κ1) is 17.7. The van der Waals surface area contributed by atoms with Crippen molar-refractivity contribution in [1.82, 2.24) is 0 Å². The van der Waals surface area contributed by atoms with Crippen LogP contribution < -0.4 is 9.47 Å². The van der Waals surface area contributed by atoms with Gasteiger partial charge in [-0.25, -0.2) is 4.79 Å². The predicted molar refractivity (Wildman–Crippen MR) is 87.1 cm³/mol. The van der Waals surface area contributed by atoms with Crippen LogP contribution in [0.15, 0.2) is 23.8 Å². The lowest BCUT2D eigenvalue weighted by Crippen LogP contribution is -2.31. The van der Waals surface area contributed by atoms with Gasteiger partial charge in [0.05, 0.1) is 12.7 Å². The first-order chi connectivity index (χ1) is 11.2. The standard InChI is InChI=1S/C18H20O6/c1-18(2)8-13(19)12(14(20)9-18)6-11-4-5-15(16(7-11)23-3)24-10-17(21)22/h4-7H,8-10H2,1-3H3,(H,21,22). The summed E-state index contributed by atoms with van der Waals surface area (Å²) in [6, 6.07) is 4.80. The van der Waals surface area contributed by atoms with Crippen molar-refractivity contribution in [2.75, 3.05) is 13.7 Å². The molecule has 1 fully saturated rings. The Kier molecular flexibility index (Phi) is 5.07. The molecule has 0 amide bonds. The maximum atomic E-state index is 12.2. The molecule has 1 aliphatic carbocycles. The number of Topliss-reactive ketones (excluding diaryl/α,β-unsaturated/α-hetero) is 2. The Labute approximate surface area is 140 Å². The summed E-state index contributed by atoms with van der Waals surface area (Å²) < 4.78 is 10.3. The molecule has 1 aromatic carbocycles. The monoisotopic (exact) mass is 332 g/mol. The van der Waals surface area contributed by atoms with Crippen molar-refractivity contribution in [2.24, 2.45) is 5.41 Å². The number of aliphatic carboxylic acids is 1. The van der Waals surface area contributed by atoms with Crippen LogP contribution in [0.1, 0.15) is 32.3 Å². The molecule has 0 bridgehead atoms. The highest BCUT2D eigenvalue weighted by molar-refractivity contribution is 6.25. The van der Waals surface area contributed by atoms with Gasteiger partial charge in [0.1, 0.15) is 0 Å². The minimum Gasteiger partial charge on any atom is -0.493 e. The van der Waals surface area contributed by atoms with Gasteiger partial charge >= 0.3 is 5.97 Å². The summed E-state index contributed by atoms with van der Waals surface area (Å²) in [5.74, 6) is -0.807. The summed E-state index contributed by atoms with van der Waals surface area (Å²) in [4.78, 5) is 35.0. The number of allylic oxidation sites excluding steroid dienone is 1. The molecule has 0 aliphatic heterocycles. The molecule has 0 aromatic heterocycles. The summed E-state index contributed by atoms with van der Waals surface area (Å²) in [5, 5.41) is 8.66. The number of carboxylic acids is 1. The topological polar surface area (TPSA) is 89.9 Å². The number of ether oxygens (including phenoxy) is 2. The lowest BCUT2D eigenvalue weighted by molar-refractivity contribution is -0.139. The number of methoxy groups -OCH3 is 1. The Morgan fingerprint density at radius 3 is 2.38 bits per heavy atom. The molecular formula is C18H20O6. The van der Waals surface area contributed by atoms with Crippen LogP contribution in [0.25, 0.3) is 6.08 Å². The SMILES string of the molecule is COc1cc(C=C2C(=O)CC(C)(C)CC2=O)ccc1OCC(=O)O. The van der Waals surface area contributed by atoms with E-state index >= 15 is 0 Å². The zero-order valence-electron chi connectivity index (χ0n) is 13.9. The molecule has 2 rings (SSSR count). The molecule has 1 saturated carbocycles. The fourth-order valence-corrected chi connectivity index (χ4v) is 2.64. The van der Waals surface area contributed by atoms with Crippen molar-refractivity contribution in [3.8, 4) is 11.5 Å². The second kappa shape index (κ2) is 6.86. The van der Waals surface area contributed by atoms with Gasteiger partial charge in [-0.1, -0.05) is 19.9 Å². The lowest BCUT2D eigenvalue weighted by atomic mass is 9.74. The highest BCUT2D eigenvalue weighted by Crippen LogP contribution is 2.35. The number of carboxylic acid groups (broad SMARTS) is 1. The van der Waals surface area contributed by atoms with Crippen LogP contribution in [0.4, 0.5) is 0 Å². The molecular weight excluding hydrogens is 312 g/mol. The van der Waals surface area contributed by atoms with E-state index in [0.717, 1.165) is 0 Å². The molecule has 6 nitrogen and oxygen atoms in total. The Morgan fingerprint density at radius 1 is 1.21 bits per heavy atom. The number of benzene rings is 1. The third-order valence-electron chi connectivity index (χ3n) is 3.73. The Hall–Kier alpha value is -2.63. The van der Waals surface area contributed by atoms with E-state index in [1.807, 2.05) is 13.8 Å². The van der Waals surface area contributed by atoms with Crippen molar-refractivity contribution in [1.29, 1.82) is 0 Å². The molecule has 0 radical (unpaired) electrons. The zero-order chi connectivity index (χ0) is 17.9. The molecule has 6 heteroatoms. The summed E-state index contributed by atoms with van der Waals surface area (Å²) in [6.07, 6.45) is 2.21. The minimum atomic E-state index is -1.09. The van der Waals surface area contributed by atoms with E-state index in [0.29, 0.717) is 24.2 Å². The van der Waals surface area contributed by atoms with E-state index in [9.17, 15) is 14.4 Å². The fourth-order valence-electron chi connectivity index (χ4n) is 2.64. The van der Waals surface area contributed by atoms with Gasteiger partial charge in [-0.15, -0.1) is 0 Å². The fraction of sp³-hybridized carbons (Fsp3) is 0.389. The molecule has 24 heavy (non-hydrogen) atoms. The number of ketones is 2. The molecule has 0 heterocycles. The number of rotatable bonds is 5. The second-order valence-electron chi connectivity index (χ2n) is 6.51. The molecule has 1 aliphatic rings. The molecule has 0 atom stereocenters. The number of hydrogen-bond acceptors (Lipinski definition) is 5. The first-order valence-electron chi connectivity index (χ1n) is 7.52. The van der Waals surface area contributed by atoms with E-state index in [2.05, 4.69) is 0 Å². The summed E-state index contributed by atoms with van der Waals surface area (Å²) >= 11 is 0. The van der Waals surface area contributed by atoms with E-state index in [1.54, 1.807) is 24.3 Å². The third-order valence-corrected chi connectivity index (χ3v) is 3.73. The van der Waals surface area contributed by atoms with Crippen molar-refractivity contribution in [3.05, 3.63) is 29.3 Å². The molecule has 128 valence electrons. The van der Waals surface area contributed by atoms with Gasteiger partial charge in [0.15, 0.2) is 29.7 Å². The average molecular weight is 332 g/mol. The van der Waals surface area contributed by atoms with E-state index < -0.39 is 12.6 Å². The molecule has 0 unspecified atom stereocenters. The normalized spacial score (nSPS) is 16.7. The van der Waals surface area contributed by atoms with Gasteiger partial charge in [0, 0.05) is 12.8 Å². The van der Waals surface area contributed by atoms with Crippen LogP contribution in [0.2, 0.25) is 0 Å². The molecule has 0 spiro atoms. The number of hydrogen-bond donors (Lipinski definition) is 1. The maximum Gasteiger partial charge on any atom is 0.341 e. The van der Waals surface area contributed by atoms with Gasteiger partial charge in [-0.3, -0.25) is 9.59 Å². The molecule has 0 saturated heterocycles. The largest absolute Gasteiger partial charge is 0.493 e. The van der Waals surface area contributed by atoms with Crippen LogP contribution in [0.3, 0.4) is 0 Å². The van der Waals surface area contributed by atoms with Crippen LogP contribution in [0, 0.1) is 5.41 Å². The van der Waals surface area contributed by atoms with Crippen LogP contribution in [0.5, 0.6) is 11.5 Å². The summed E-state index contributed by atoms with van der Waals surface area (Å²) in [7, 11) is 1.43. The summed E-state index contributed by atoms with van der Waals surface area (Å²) in [6.45, 7) is 3.32. The Morgan fingerprint density at radius 2 is 1.83 bits per heavy atom. The van der Waals surface area contributed by atoms with Crippen molar-refractivity contribution < 1.29 is 29.0 Å². The Balaban J connectivity index is 2.28. The van der Waals surface area contributed by atoms with E-state index in [4.69, 9.17) is 14.6 Å². The maximum absolute atomic E-state index is 12.2. The Bertz CT molecular complexity index is 692. The summed E-state index contributed by atoms with van der Waals surface area (Å²) in [5.41, 5.74) is 0.499. The number of carbonyl (C=O) groups is 3. The quantitative estimate of drug-likeness (QED) is 0.658. The van der Waals surface area contributed by atoms with Crippen molar-refractivity contribution in [3.63, 3.8) is 0 Å². The third kappa shape index (κ3) is 4.22. The molecule has 1 aromatic rings. The zero-order valence-corrected chi connectivity index (χ0v) is 13.9. The van der Waals surface area contributed by atoms with Gasteiger partial charge in [-0.05, 0) is 29.2 Å². The van der Waals surface area contributed by atoms with Gasteiger partial charge < -0.3 is 14.6 Å². The van der Waals surface area contributed by atoms with E-state index in [1.165, 1.54) is 7.11 Å². The second-order valence-corrected chi connectivity index (χ2v) is 6.51. The van der Waals surface area contributed by atoms with Crippen LogP contribution >= 0.6 is 0 Å². The van der Waals surface area contributed by atoms with Crippen LogP contribution in [-0.2, 0) is 14.4 Å². The number of carbonyl (C=O) groups excluding carboxylic acids is 2. The van der Waals surface area contributed by atoms with Gasteiger partial charge in [0.2, 0.25) is 0 Å². The van der Waals surface area contributed by atoms with E-state index in [-0.39, 0.29) is 28.3 Å². The minimum absolute atomic E-state index is 0.165.